The molecule has 1 aromatic carbocycles. The number of ether oxygens (including phenoxy) is 1. The van der Waals surface area contributed by atoms with E-state index in [9.17, 15) is 14.7 Å². The summed E-state index contributed by atoms with van der Waals surface area (Å²) in [7, 11) is 0. The first kappa shape index (κ1) is 25.0. The maximum Gasteiger partial charge on any atom is 0.320 e. The van der Waals surface area contributed by atoms with Crippen LogP contribution in [0.5, 0.6) is 0 Å². The molecule has 0 heterocycles. The van der Waals surface area contributed by atoms with Crippen LogP contribution in [0.4, 0.5) is 0 Å². The van der Waals surface area contributed by atoms with Crippen LogP contribution in [0, 0.1) is 11.8 Å². The van der Waals surface area contributed by atoms with Crippen LogP contribution in [-0.4, -0.2) is 35.9 Å². The number of rotatable bonds is 12. The van der Waals surface area contributed by atoms with Crippen molar-refractivity contribution in [2.45, 2.75) is 71.8 Å². The van der Waals surface area contributed by atoms with Gasteiger partial charge in [0.2, 0.25) is 0 Å². The third kappa shape index (κ3) is 9.63. The number of carbonyl (C=O) groups is 2. The first-order valence-corrected chi connectivity index (χ1v) is 11.2. The van der Waals surface area contributed by atoms with Crippen LogP contribution in [0.2, 0.25) is 0 Å². The van der Waals surface area contributed by atoms with Gasteiger partial charge in [-0.25, -0.2) is 10.3 Å². The van der Waals surface area contributed by atoms with Gasteiger partial charge in [0.25, 0.3) is 5.91 Å². The van der Waals surface area contributed by atoms with Crippen molar-refractivity contribution >= 4 is 18.0 Å². The van der Waals surface area contributed by atoms with Gasteiger partial charge in [-0.2, -0.15) is 0 Å². The first-order chi connectivity index (χ1) is 14.8. The van der Waals surface area contributed by atoms with Gasteiger partial charge in [-0.1, -0.05) is 57.4 Å². The van der Waals surface area contributed by atoms with Gasteiger partial charge < -0.3 is 15.2 Å². The highest BCUT2D eigenvalue weighted by Gasteiger charge is 2.28. The lowest BCUT2D eigenvalue weighted by molar-refractivity contribution is -0.180. The van der Waals surface area contributed by atoms with E-state index in [4.69, 9.17) is 9.57 Å². The second-order valence-corrected chi connectivity index (χ2v) is 8.55. The maximum absolute atomic E-state index is 11.9. The molecule has 1 unspecified atom stereocenters. The Kier molecular flexibility index (Phi) is 10.7. The molecule has 3 N–H and O–H groups in total. The highest BCUT2D eigenvalue weighted by atomic mass is 16.8. The molecule has 1 aliphatic carbocycles. The molecule has 1 aromatic rings. The van der Waals surface area contributed by atoms with Crippen molar-refractivity contribution in [1.82, 2.24) is 10.8 Å². The van der Waals surface area contributed by atoms with E-state index in [2.05, 4.69) is 10.8 Å². The van der Waals surface area contributed by atoms with E-state index in [1.54, 1.807) is 13.0 Å². The maximum atomic E-state index is 11.9. The Labute approximate surface area is 185 Å². The Hall–Kier alpha value is -2.22. The van der Waals surface area contributed by atoms with Crippen LogP contribution in [0.1, 0.15) is 64.0 Å². The Bertz CT molecular complexity index is 711. The molecule has 0 radical (unpaired) electrons. The van der Waals surface area contributed by atoms with Crippen molar-refractivity contribution in [3.8, 4) is 0 Å². The van der Waals surface area contributed by atoms with Crippen molar-refractivity contribution in [3.63, 3.8) is 0 Å². The molecule has 0 bridgehead atoms. The normalized spacial score (nSPS) is 17.0. The molecule has 31 heavy (non-hydrogen) atoms. The number of aliphatic carboxylic acids is 1. The predicted octanol–water partition coefficient (Wildman–Crippen LogP) is 3.89. The van der Waals surface area contributed by atoms with E-state index in [1.807, 2.05) is 38.1 Å². The lowest BCUT2D eigenvalue weighted by atomic mass is 9.84. The number of nitrogens with one attached hydrogen (secondary N) is 2. The summed E-state index contributed by atoms with van der Waals surface area (Å²) in [5.74, 6) is -0.555. The lowest BCUT2D eigenvalue weighted by Gasteiger charge is -2.28. The van der Waals surface area contributed by atoms with Gasteiger partial charge in [-0.05, 0) is 48.8 Å². The number of carboxylic acids is 1. The number of hydrogen-bond acceptors (Lipinski definition) is 5. The van der Waals surface area contributed by atoms with Crippen molar-refractivity contribution in [3.05, 3.63) is 41.5 Å². The van der Waals surface area contributed by atoms with Crippen molar-refractivity contribution in [2.75, 3.05) is 6.61 Å². The Morgan fingerprint density at radius 2 is 1.81 bits per heavy atom. The highest BCUT2D eigenvalue weighted by Crippen LogP contribution is 2.26. The summed E-state index contributed by atoms with van der Waals surface area (Å²) in [6.45, 7) is 6.86. The van der Waals surface area contributed by atoms with E-state index >= 15 is 0 Å². The molecule has 1 amide bonds. The number of benzene rings is 1. The molecule has 172 valence electrons. The minimum absolute atomic E-state index is 0.202. The van der Waals surface area contributed by atoms with Gasteiger partial charge >= 0.3 is 5.97 Å². The summed E-state index contributed by atoms with van der Waals surface area (Å²) in [5.41, 5.74) is 4.21. The number of amides is 1. The SMILES string of the molecule is CC(C)COC(C)ONC(=O)/C=C/c1ccc(CN[C@H](C(=O)O)C2CCCCC2)cc1. The average Bonchev–Trinajstić information content (AvgIpc) is 2.76. The molecule has 0 aliphatic heterocycles. The monoisotopic (exact) mass is 432 g/mol. The second kappa shape index (κ2) is 13.2. The summed E-state index contributed by atoms with van der Waals surface area (Å²) in [5, 5.41) is 12.8. The van der Waals surface area contributed by atoms with Crippen LogP contribution in [0.25, 0.3) is 6.08 Å². The number of hydrogen-bond donors (Lipinski definition) is 3. The summed E-state index contributed by atoms with van der Waals surface area (Å²) in [6, 6.07) is 7.15. The smallest absolute Gasteiger partial charge is 0.320 e. The highest BCUT2D eigenvalue weighted by molar-refractivity contribution is 5.90. The first-order valence-electron chi connectivity index (χ1n) is 11.2. The van der Waals surface area contributed by atoms with Crippen molar-refractivity contribution < 1.29 is 24.3 Å². The van der Waals surface area contributed by atoms with Crippen LogP contribution < -0.4 is 10.8 Å². The lowest BCUT2D eigenvalue weighted by Crippen LogP contribution is -2.43. The third-order valence-corrected chi connectivity index (χ3v) is 5.31. The molecule has 0 aromatic heterocycles. The molecular weight excluding hydrogens is 396 g/mol. The predicted molar refractivity (Wildman–Crippen MR) is 120 cm³/mol. The molecule has 7 nitrogen and oxygen atoms in total. The third-order valence-electron chi connectivity index (χ3n) is 5.31. The Balaban J connectivity index is 1.77. The second-order valence-electron chi connectivity index (χ2n) is 8.55. The van der Waals surface area contributed by atoms with Gasteiger partial charge in [-0.15, -0.1) is 0 Å². The zero-order valence-electron chi connectivity index (χ0n) is 18.8. The van der Waals surface area contributed by atoms with E-state index < -0.39 is 18.3 Å². The van der Waals surface area contributed by atoms with Gasteiger partial charge in [0.05, 0.1) is 6.61 Å². The van der Waals surface area contributed by atoms with E-state index in [0.717, 1.165) is 36.8 Å². The zero-order chi connectivity index (χ0) is 22.6. The summed E-state index contributed by atoms with van der Waals surface area (Å²) in [6.07, 6.45) is 7.94. The van der Waals surface area contributed by atoms with Gasteiger partial charge in [0.15, 0.2) is 6.29 Å². The van der Waals surface area contributed by atoms with E-state index in [-0.39, 0.29) is 11.8 Å². The summed E-state index contributed by atoms with van der Waals surface area (Å²) in [4.78, 5) is 28.7. The average molecular weight is 433 g/mol. The minimum atomic E-state index is -0.774. The van der Waals surface area contributed by atoms with Crippen LogP contribution in [0.15, 0.2) is 30.3 Å². The number of carboxylic acid groups (broad SMARTS) is 1. The fourth-order valence-electron chi connectivity index (χ4n) is 3.61. The Morgan fingerprint density at radius 1 is 1.13 bits per heavy atom. The van der Waals surface area contributed by atoms with Crippen LogP contribution in [0.3, 0.4) is 0 Å². The molecular formula is C24H36N2O5. The summed E-state index contributed by atoms with van der Waals surface area (Å²) < 4.78 is 5.42. The molecule has 0 saturated heterocycles. The van der Waals surface area contributed by atoms with Crippen LogP contribution >= 0.6 is 0 Å². The quantitative estimate of drug-likeness (QED) is 0.263. The molecule has 1 saturated carbocycles. The van der Waals surface area contributed by atoms with E-state index in [0.29, 0.717) is 19.1 Å². The fourth-order valence-corrected chi connectivity index (χ4v) is 3.61. The topological polar surface area (TPSA) is 96.9 Å². The van der Waals surface area contributed by atoms with Crippen LogP contribution in [-0.2, 0) is 25.7 Å². The Morgan fingerprint density at radius 3 is 2.42 bits per heavy atom. The fraction of sp³-hybridized carbons (Fsp3) is 0.583. The molecule has 0 spiro atoms. The van der Waals surface area contributed by atoms with Gasteiger partial charge in [0, 0.05) is 12.6 Å². The van der Waals surface area contributed by atoms with Crippen molar-refractivity contribution in [2.24, 2.45) is 11.8 Å². The number of hydroxylamine groups is 1. The van der Waals surface area contributed by atoms with Gasteiger partial charge in [0.1, 0.15) is 6.04 Å². The number of carbonyl (C=O) groups excluding carboxylic acids is 1. The minimum Gasteiger partial charge on any atom is -0.480 e. The standard InChI is InChI=1S/C24H36N2O5/c1-17(2)16-30-18(3)31-26-22(27)14-13-19-9-11-20(12-10-19)15-25-23(24(28)29)21-7-5-4-6-8-21/h9-14,17-18,21,23,25H,4-8,15-16H2,1-3H3,(H,26,27)(H,28,29)/b14-13+/t18?,23-/m0/s1. The molecule has 2 rings (SSSR count). The molecule has 7 heteroatoms. The molecule has 1 aliphatic rings. The largest absolute Gasteiger partial charge is 0.480 e. The van der Waals surface area contributed by atoms with E-state index in [1.165, 1.54) is 12.5 Å². The van der Waals surface area contributed by atoms with Crippen molar-refractivity contribution in [1.29, 1.82) is 0 Å². The zero-order valence-corrected chi connectivity index (χ0v) is 18.8. The van der Waals surface area contributed by atoms with Gasteiger partial charge in [-0.3, -0.25) is 9.59 Å². The molecule has 2 atom stereocenters. The summed E-state index contributed by atoms with van der Waals surface area (Å²) >= 11 is 0. The molecule has 1 fully saturated rings.